The fourth-order valence-electron chi connectivity index (χ4n) is 3.72. The zero-order valence-corrected chi connectivity index (χ0v) is 20.4. The molecule has 1 aromatic heterocycles. The first-order chi connectivity index (χ1) is 15.4. The van der Waals surface area contributed by atoms with E-state index in [1.807, 2.05) is 48.5 Å². The summed E-state index contributed by atoms with van der Waals surface area (Å²) >= 11 is 0. The molecule has 0 spiro atoms. The molecular weight excluding hydrogens is 414 g/mol. The number of phenolic OH excluding ortho intramolecular Hbond substituents is 1. The van der Waals surface area contributed by atoms with Crippen molar-refractivity contribution in [3.05, 3.63) is 71.0 Å². The van der Waals surface area contributed by atoms with Crippen molar-refractivity contribution in [2.75, 3.05) is 0 Å². The summed E-state index contributed by atoms with van der Waals surface area (Å²) in [6.45, 7) is 12.6. The Morgan fingerprint density at radius 3 is 2.15 bits per heavy atom. The van der Waals surface area contributed by atoms with E-state index in [2.05, 4.69) is 52.0 Å². The number of aromatic hydroxyl groups is 1. The second-order valence-corrected chi connectivity index (χ2v) is 10.6. The molecule has 6 heteroatoms. The Balaban J connectivity index is 1.76. The van der Waals surface area contributed by atoms with Gasteiger partial charge in [0.05, 0.1) is 12.6 Å². The lowest BCUT2D eigenvalue weighted by Gasteiger charge is -2.28. The molecule has 0 fully saturated rings. The van der Waals surface area contributed by atoms with Gasteiger partial charge in [0.25, 0.3) is 0 Å². The van der Waals surface area contributed by atoms with Crippen LogP contribution in [0.2, 0.25) is 0 Å². The van der Waals surface area contributed by atoms with E-state index in [4.69, 9.17) is 10.3 Å². The van der Waals surface area contributed by atoms with Gasteiger partial charge in [0.2, 0.25) is 5.91 Å². The van der Waals surface area contributed by atoms with Gasteiger partial charge in [-0.25, -0.2) is 0 Å². The van der Waals surface area contributed by atoms with Crippen LogP contribution in [0.1, 0.15) is 64.0 Å². The summed E-state index contributed by atoms with van der Waals surface area (Å²) in [7, 11) is 0. The molecular formula is C27H35N3O3. The molecule has 1 amide bonds. The van der Waals surface area contributed by atoms with Crippen molar-refractivity contribution >= 4 is 5.91 Å². The first kappa shape index (κ1) is 24.5. The minimum absolute atomic E-state index is 0.199. The SMILES string of the molecule is CC(C)(C)c1cc(-c2cc(CNC(=O)[C@@H](N)Cc3ccccc3)on2)cc(C(C)(C)C)c1O. The molecule has 0 saturated carbocycles. The Labute approximate surface area is 196 Å². The topological polar surface area (TPSA) is 101 Å². The van der Waals surface area contributed by atoms with Crippen LogP contribution in [-0.4, -0.2) is 22.2 Å². The highest BCUT2D eigenvalue weighted by atomic mass is 16.5. The van der Waals surface area contributed by atoms with Crippen molar-refractivity contribution in [1.82, 2.24) is 10.5 Å². The molecule has 0 aliphatic rings. The van der Waals surface area contributed by atoms with Crippen LogP contribution in [0.4, 0.5) is 0 Å². The van der Waals surface area contributed by atoms with E-state index in [9.17, 15) is 9.90 Å². The van der Waals surface area contributed by atoms with Gasteiger partial charge in [-0.3, -0.25) is 4.79 Å². The van der Waals surface area contributed by atoms with E-state index in [-0.39, 0.29) is 23.3 Å². The molecule has 0 radical (unpaired) electrons. The molecule has 6 nitrogen and oxygen atoms in total. The molecule has 176 valence electrons. The van der Waals surface area contributed by atoms with Crippen molar-refractivity contribution in [2.24, 2.45) is 5.73 Å². The van der Waals surface area contributed by atoms with Crippen LogP contribution in [0.5, 0.6) is 5.75 Å². The number of amides is 1. The molecule has 0 saturated heterocycles. The maximum absolute atomic E-state index is 12.4. The van der Waals surface area contributed by atoms with Crippen LogP contribution in [-0.2, 0) is 28.6 Å². The van der Waals surface area contributed by atoms with Gasteiger partial charge < -0.3 is 20.7 Å². The molecule has 3 rings (SSSR count). The van der Waals surface area contributed by atoms with Gasteiger partial charge in [0.15, 0.2) is 5.76 Å². The fourth-order valence-corrected chi connectivity index (χ4v) is 3.72. The lowest BCUT2D eigenvalue weighted by molar-refractivity contribution is -0.122. The van der Waals surface area contributed by atoms with Crippen molar-refractivity contribution in [2.45, 2.75) is 71.4 Å². The molecule has 0 aliphatic carbocycles. The molecule has 33 heavy (non-hydrogen) atoms. The summed E-state index contributed by atoms with van der Waals surface area (Å²) in [5.41, 5.74) is 9.82. The number of rotatable bonds is 6. The monoisotopic (exact) mass is 449 g/mol. The zero-order chi connectivity index (χ0) is 24.4. The Hall–Kier alpha value is -3.12. The van der Waals surface area contributed by atoms with Crippen LogP contribution in [0.25, 0.3) is 11.3 Å². The number of carbonyl (C=O) groups excluding carboxylic acids is 1. The molecule has 0 unspecified atom stereocenters. The predicted molar refractivity (Wildman–Crippen MR) is 131 cm³/mol. The summed E-state index contributed by atoms with van der Waals surface area (Å²) in [4.78, 5) is 12.4. The number of hydrogen-bond donors (Lipinski definition) is 3. The van der Waals surface area contributed by atoms with E-state index in [0.29, 0.717) is 23.6 Å². The number of carbonyl (C=O) groups is 1. The number of benzene rings is 2. The molecule has 1 heterocycles. The number of nitrogens with one attached hydrogen (secondary N) is 1. The highest BCUT2D eigenvalue weighted by Gasteiger charge is 2.27. The molecule has 3 aromatic rings. The molecule has 0 aliphatic heterocycles. The summed E-state index contributed by atoms with van der Waals surface area (Å²) < 4.78 is 5.48. The zero-order valence-electron chi connectivity index (χ0n) is 20.4. The number of hydrogen-bond acceptors (Lipinski definition) is 5. The second kappa shape index (κ2) is 9.40. The van der Waals surface area contributed by atoms with E-state index in [1.165, 1.54) is 0 Å². The fraction of sp³-hybridized carbons (Fsp3) is 0.407. The lowest BCUT2D eigenvalue weighted by Crippen LogP contribution is -2.41. The molecule has 1 atom stereocenters. The highest BCUT2D eigenvalue weighted by molar-refractivity contribution is 5.81. The molecule has 0 bridgehead atoms. The van der Waals surface area contributed by atoms with Gasteiger partial charge in [0.1, 0.15) is 11.4 Å². The summed E-state index contributed by atoms with van der Waals surface area (Å²) in [5.74, 6) is 0.613. The highest BCUT2D eigenvalue weighted by Crippen LogP contribution is 2.41. The minimum Gasteiger partial charge on any atom is -0.507 e. The third-order valence-electron chi connectivity index (χ3n) is 5.65. The van der Waals surface area contributed by atoms with Crippen LogP contribution < -0.4 is 11.1 Å². The van der Waals surface area contributed by atoms with E-state index >= 15 is 0 Å². The van der Waals surface area contributed by atoms with Crippen LogP contribution >= 0.6 is 0 Å². The Morgan fingerprint density at radius 2 is 1.61 bits per heavy atom. The van der Waals surface area contributed by atoms with Crippen LogP contribution in [0.3, 0.4) is 0 Å². The summed E-state index contributed by atoms with van der Waals surface area (Å²) in [5, 5.41) is 18.0. The van der Waals surface area contributed by atoms with E-state index in [0.717, 1.165) is 22.3 Å². The average Bonchev–Trinajstić information content (AvgIpc) is 3.20. The largest absolute Gasteiger partial charge is 0.507 e. The molecule has 4 N–H and O–H groups in total. The number of nitrogens with two attached hydrogens (primary N) is 1. The van der Waals surface area contributed by atoms with Gasteiger partial charge in [-0.05, 0) is 34.9 Å². The number of aromatic nitrogens is 1. The third-order valence-corrected chi connectivity index (χ3v) is 5.65. The smallest absolute Gasteiger partial charge is 0.237 e. The lowest BCUT2D eigenvalue weighted by atomic mass is 9.78. The second-order valence-electron chi connectivity index (χ2n) is 10.6. The summed E-state index contributed by atoms with van der Waals surface area (Å²) in [6, 6.07) is 14.8. The average molecular weight is 450 g/mol. The standard InChI is InChI=1S/C27H35N3O3/c1-26(2,3)20-13-18(14-21(24(20)31)27(4,5)6)23-15-19(33-30-23)16-29-25(32)22(28)12-17-10-8-7-9-11-17/h7-11,13-15,22,31H,12,16,28H2,1-6H3,(H,29,32)/t22-/m0/s1. The Bertz CT molecular complexity index is 1070. The van der Waals surface area contributed by atoms with Crippen molar-refractivity contribution < 1.29 is 14.4 Å². The van der Waals surface area contributed by atoms with Gasteiger partial charge >= 0.3 is 0 Å². The van der Waals surface area contributed by atoms with Gasteiger partial charge in [-0.2, -0.15) is 0 Å². The quantitative estimate of drug-likeness (QED) is 0.500. The van der Waals surface area contributed by atoms with E-state index in [1.54, 1.807) is 0 Å². The Morgan fingerprint density at radius 1 is 1.03 bits per heavy atom. The number of phenols is 1. The van der Waals surface area contributed by atoms with Gasteiger partial charge in [0, 0.05) is 22.8 Å². The minimum atomic E-state index is -0.643. The van der Waals surface area contributed by atoms with Crippen LogP contribution in [0.15, 0.2) is 53.1 Å². The van der Waals surface area contributed by atoms with Gasteiger partial charge in [-0.15, -0.1) is 0 Å². The summed E-state index contributed by atoms with van der Waals surface area (Å²) in [6.07, 6.45) is 0.465. The van der Waals surface area contributed by atoms with Crippen molar-refractivity contribution in [1.29, 1.82) is 0 Å². The van der Waals surface area contributed by atoms with Crippen LogP contribution in [0, 0.1) is 0 Å². The Kier molecular flexibility index (Phi) is 6.98. The normalized spacial score (nSPS) is 13.1. The predicted octanol–water partition coefficient (Wildman–Crippen LogP) is 4.83. The molecule has 2 aromatic carbocycles. The first-order valence-electron chi connectivity index (χ1n) is 11.3. The number of nitrogens with zero attached hydrogens (tertiary/aromatic N) is 1. The maximum Gasteiger partial charge on any atom is 0.237 e. The van der Waals surface area contributed by atoms with Crippen molar-refractivity contribution in [3.63, 3.8) is 0 Å². The maximum atomic E-state index is 12.4. The first-order valence-corrected chi connectivity index (χ1v) is 11.3. The van der Waals surface area contributed by atoms with E-state index < -0.39 is 6.04 Å². The third kappa shape index (κ3) is 6.02. The van der Waals surface area contributed by atoms with Crippen molar-refractivity contribution in [3.8, 4) is 17.0 Å². The van der Waals surface area contributed by atoms with Gasteiger partial charge in [-0.1, -0.05) is 77.0 Å².